The van der Waals surface area contributed by atoms with Gasteiger partial charge >= 0.3 is 0 Å². The van der Waals surface area contributed by atoms with Gasteiger partial charge in [0.25, 0.3) is 5.91 Å². The van der Waals surface area contributed by atoms with Gasteiger partial charge in [0.2, 0.25) is 0 Å². The number of rotatable bonds is 2. The molecule has 0 radical (unpaired) electrons. The third-order valence-electron chi connectivity index (χ3n) is 4.19. The number of nitrogens with zero attached hydrogens (tertiary/aromatic N) is 4. The van der Waals surface area contributed by atoms with E-state index in [1.165, 1.54) is 4.80 Å². The number of carbonyl (C=O) groups excluding carboxylic acids is 1. The molecule has 25 heavy (non-hydrogen) atoms. The molecule has 3 aromatic rings. The van der Waals surface area contributed by atoms with Gasteiger partial charge in [0, 0.05) is 16.7 Å². The van der Waals surface area contributed by atoms with Gasteiger partial charge in [-0.2, -0.15) is 9.90 Å². The van der Waals surface area contributed by atoms with Crippen LogP contribution in [0.2, 0.25) is 0 Å². The lowest BCUT2D eigenvalue weighted by Crippen LogP contribution is -2.32. The molecule has 2 aromatic carbocycles. The van der Waals surface area contributed by atoms with E-state index in [0.29, 0.717) is 17.5 Å². The first-order valence-corrected chi connectivity index (χ1v) is 9.15. The first-order valence-electron chi connectivity index (χ1n) is 8.28. The zero-order chi connectivity index (χ0) is 17.2. The summed E-state index contributed by atoms with van der Waals surface area (Å²) in [6.07, 6.45) is 2.48. The van der Waals surface area contributed by atoms with Gasteiger partial charge in [-0.1, -0.05) is 37.3 Å². The van der Waals surface area contributed by atoms with Crippen molar-refractivity contribution in [1.82, 2.24) is 15.0 Å². The van der Waals surface area contributed by atoms with Gasteiger partial charge in [-0.25, -0.2) is 0 Å². The maximum absolute atomic E-state index is 13.1. The lowest BCUT2D eigenvalue weighted by atomic mass is 10.2. The second-order valence-electron chi connectivity index (χ2n) is 6.00. The molecule has 1 aliphatic rings. The molecule has 6 heteroatoms. The number of fused-ring (bicyclic) bond motifs is 1. The van der Waals surface area contributed by atoms with Crippen molar-refractivity contribution < 1.29 is 4.79 Å². The third kappa shape index (κ3) is 3.17. The lowest BCUT2D eigenvalue weighted by Gasteiger charge is -2.21. The summed E-state index contributed by atoms with van der Waals surface area (Å²) in [6.45, 7) is 2.88. The summed E-state index contributed by atoms with van der Waals surface area (Å²) >= 11 is 1.82. The number of hydrogen-bond acceptors (Lipinski definition) is 4. The molecule has 5 nitrogen and oxygen atoms in total. The number of thioether (sulfide) groups is 1. The Labute approximate surface area is 150 Å². The zero-order valence-electron chi connectivity index (χ0n) is 13.9. The summed E-state index contributed by atoms with van der Waals surface area (Å²) in [5, 5.41) is 9.11. The number of para-hydroxylation sites is 2. The number of anilines is 1. The van der Waals surface area contributed by atoms with Gasteiger partial charge in [0.05, 0.1) is 17.6 Å². The van der Waals surface area contributed by atoms with Crippen LogP contribution in [0.3, 0.4) is 0 Å². The molecule has 1 aromatic heterocycles. The summed E-state index contributed by atoms with van der Waals surface area (Å²) in [5.74, 6) is -0.107. The minimum atomic E-state index is -0.107. The van der Waals surface area contributed by atoms with Gasteiger partial charge < -0.3 is 4.90 Å². The van der Waals surface area contributed by atoms with E-state index in [1.54, 1.807) is 6.20 Å². The molecule has 0 spiro atoms. The predicted molar refractivity (Wildman–Crippen MR) is 99.4 cm³/mol. The minimum absolute atomic E-state index is 0.107. The molecule has 1 amide bonds. The Kier molecular flexibility index (Phi) is 4.28. The maximum Gasteiger partial charge on any atom is 0.280 e. The quantitative estimate of drug-likeness (QED) is 0.705. The van der Waals surface area contributed by atoms with Gasteiger partial charge in [-0.15, -0.1) is 16.9 Å². The monoisotopic (exact) mass is 350 g/mol. The number of benzene rings is 2. The first kappa shape index (κ1) is 15.9. The molecule has 2 heterocycles. The molecule has 0 bridgehead atoms. The van der Waals surface area contributed by atoms with Crippen LogP contribution >= 0.6 is 11.8 Å². The Morgan fingerprint density at radius 2 is 1.88 bits per heavy atom. The fraction of sp³-hybridized carbons (Fsp3) is 0.211. The molecule has 4 rings (SSSR count). The van der Waals surface area contributed by atoms with Crippen molar-refractivity contribution in [3.05, 3.63) is 66.5 Å². The van der Waals surface area contributed by atoms with Crippen molar-refractivity contribution in [2.75, 3.05) is 11.4 Å². The highest BCUT2D eigenvalue weighted by Gasteiger charge is 2.26. The molecule has 0 saturated heterocycles. The van der Waals surface area contributed by atoms with Crippen LogP contribution in [0.15, 0.2) is 65.7 Å². The molecule has 1 atom stereocenters. The average Bonchev–Trinajstić information content (AvgIpc) is 3.07. The summed E-state index contributed by atoms with van der Waals surface area (Å²) < 4.78 is 0. The summed E-state index contributed by atoms with van der Waals surface area (Å²) in [7, 11) is 0. The Morgan fingerprint density at radius 3 is 2.72 bits per heavy atom. The van der Waals surface area contributed by atoms with Gasteiger partial charge in [0.1, 0.15) is 0 Å². The van der Waals surface area contributed by atoms with Crippen LogP contribution in [0, 0.1) is 0 Å². The second-order valence-corrected chi connectivity index (χ2v) is 7.48. The average molecular weight is 350 g/mol. The van der Waals surface area contributed by atoms with E-state index >= 15 is 0 Å². The van der Waals surface area contributed by atoms with Crippen LogP contribution in [0.1, 0.15) is 23.8 Å². The summed E-state index contributed by atoms with van der Waals surface area (Å²) in [5.41, 5.74) is 2.15. The number of hydrogen-bond donors (Lipinski definition) is 0. The van der Waals surface area contributed by atoms with Gasteiger partial charge in [0.15, 0.2) is 5.69 Å². The molecule has 126 valence electrons. The highest BCUT2D eigenvalue weighted by atomic mass is 32.2. The molecule has 1 aliphatic heterocycles. The standard InChI is InChI=1S/C19H18N4OS/c1-14-11-12-22(17-9-5-6-10-18(17)25-14)19(24)16-13-20-23(21-16)15-7-3-2-4-8-15/h2-10,13-14H,11-12H2,1H3/t14-/m0/s1. The molecular formula is C19H18N4OS. The SMILES string of the molecule is C[C@H]1CCN(C(=O)c2cnn(-c3ccccc3)n2)c2ccccc2S1. The van der Waals surface area contributed by atoms with E-state index in [4.69, 9.17) is 0 Å². The van der Waals surface area contributed by atoms with Crippen LogP contribution < -0.4 is 4.90 Å². The molecule has 0 saturated carbocycles. The number of aromatic nitrogens is 3. The van der Waals surface area contributed by atoms with Crippen molar-refractivity contribution in [2.24, 2.45) is 0 Å². The van der Waals surface area contributed by atoms with Crippen molar-refractivity contribution in [3.8, 4) is 5.69 Å². The van der Waals surface area contributed by atoms with E-state index in [9.17, 15) is 4.79 Å². The summed E-state index contributed by atoms with van der Waals surface area (Å²) in [4.78, 5) is 17.5. The highest BCUT2D eigenvalue weighted by Crippen LogP contribution is 2.37. The second kappa shape index (κ2) is 6.72. The van der Waals surface area contributed by atoms with Crippen molar-refractivity contribution in [1.29, 1.82) is 0 Å². The van der Waals surface area contributed by atoms with Crippen molar-refractivity contribution >= 4 is 23.4 Å². The normalized spacial score (nSPS) is 17.0. The van der Waals surface area contributed by atoms with Crippen LogP contribution in [0.25, 0.3) is 5.69 Å². The molecule has 0 N–H and O–H groups in total. The predicted octanol–water partition coefficient (Wildman–Crippen LogP) is 3.80. The minimum Gasteiger partial charge on any atom is -0.306 e. The Balaban J connectivity index is 1.66. The number of amides is 1. The molecule has 0 fully saturated rings. The Hall–Kier alpha value is -2.60. The Bertz CT molecular complexity index is 893. The summed E-state index contributed by atoms with van der Waals surface area (Å²) in [6, 6.07) is 17.7. The fourth-order valence-corrected chi connectivity index (χ4v) is 4.00. The van der Waals surface area contributed by atoms with Crippen LogP contribution in [-0.2, 0) is 0 Å². The van der Waals surface area contributed by atoms with E-state index in [1.807, 2.05) is 65.2 Å². The van der Waals surface area contributed by atoms with Gasteiger partial charge in [-0.3, -0.25) is 4.79 Å². The Morgan fingerprint density at radius 1 is 1.12 bits per heavy atom. The van der Waals surface area contributed by atoms with E-state index in [0.717, 1.165) is 22.7 Å². The lowest BCUT2D eigenvalue weighted by molar-refractivity contribution is 0.0981. The highest BCUT2D eigenvalue weighted by molar-refractivity contribution is 8.00. The topological polar surface area (TPSA) is 51.0 Å². The van der Waals surface area contributed by atoms with Crippen LogP contribution in [0.4, 0.5) is 5.69 Å². The van der Waals surface area contributed by atoms with E-state index in [-0.39, 0.29) is 5.91 Å². The van der Waals surface area contributed by atoms with Crippen LogP contribution in [0.5, 0.6) is 0 Å². The first-order chi connectivity index (χ1) is 12.2. The molecular weight excluding hydrogens is 332 g/mol. The van der Waals surface area contributed by atoms with Gasteiger partial charge in [-0.05, 0) is 30.7 Å². The zero-order valence-corrected chi connectivity index (χ0v) is 14.7. The fourth-order valence-electron chi connectivity index (χ4n) is 2.88. The molecule has 0 unspecified atom stereocenters. The number of carbonyl (C=O) groups is 1. The molecule has 0 aliphatic carbocycles. The van der Waals surface area contributed by atoms with Crippen molar-refractivity contribution in [3.63, 3.8) is 0 Å². The van der Waals surface area contributed by atoms with E-state index in [2.05, 4.69) is 23.2 Å². The van der Waals surface area contributed by atoms with Crippen molar-refractivity contribution in [2.45, 2.75) is 23.5 Å². The smallest absolute Gasteiger partial charge is 0.280 e. The van der Waals surface area contributed by atoms with E-state index < -0.39 is 0 Å². The van der Waals surface area contributed by atoms with Crippen LogP contribution in [-0.4, -0.2) is 32.7 Å². The largest absolute Gasteiger partial charge is 0.306 e. The maximum atomic E-state index is 13.1. The third-order valence-corrected chi connectivity index (χ3v) is 5.42.